The van der Waals surface area contributed by atoms with Crippen molar-refractivity contribution in [1.82, 2.24) is 4.98 Å². The Labute approximate surface area is 166 Å². The third-order valence-electron chi connectivity index (χ3n) is 4.47. The number of para-hydroxylation sites is 3. The molecule has 0 saturated carbocycles. The van der Waals surface area contributed by atoms with Crippen molar-refractivity contribution in [3.05, 3.63) is 48.3 Å². The maximum absolute atomic E-state index is 14.1. The number of rotatable bonds is 5. The van der Waals surface area contributed by atoms with Crippen molar-refractivity contribution in [2.75, 3.05) is 38.7 Å². The highest BCUT2D eigenvalue weighted by molar-refractivity contribution is 7.22. The number of aromatic nitrogens is 1. The average molecular weight is 402 g/mol. The van der Waals surface area contributed by atoms with E-state index in [1.807, 2.05) is 26.2 Å². The van der Waals surface area contributed by atoms with Gasteiger partial charge in [-0.2, -0.15) is 0 Å². The zero-order chi connectivity index (χ0) is 19.7. The van der Waals surface area contributed by atoms with Crippen molar-refractivity contribution in [3.63, 3.8) is 0 Å². The fourth-order valence-electron chi connectivity index (χ4n) is 2.97. The normalized spacial score (nSPS) is 15.8. The molecule has 3 aromatic rings. The van der Waals surface area contributed by atoms with Gasteiger partial charge in [0.2, 0.25) is 6.10 Å². The van der Waals surface area contributed by atoms with Crippen LogP contribution in [0.5, 0.6) is 11.5 Å². The topological polar surface area (TPSA) is 56.1 Å². The highest BCUT2D eigenvalue weighted by atomic mass is 32.1. The van der Waals surface area contributed by atoms with E-state index in [0.717, 1.165) is 0 Å². The molecule has 1 aromatic heterocycles. The highest BCUT2D eigenvalue weighted by Crippen LogP contribution is 2.33. The van der Waals surface area contributed by atoms with Crippen molar-refractivity contribution >= 4 is 32.6 Å². The number of carbonyl (C=O) groups excluding carboxylic acids is 1. The van der Waals surface area contributed by atoms with E-state index >= 15 is 0 Å². The first-order chi connectivity index (χ1) is 13.5. The van der Waals surface area contributed by atoms with Crippen LogP contribution in [0.3, 0.4) is 0 Å². The van der Waals surface area contributed by atoms with E-state index < -0.39 is 11.9 Å². The number of halogens is 1. The fourth-order valence-corrected chi connectivity index (χ4v) is 3.98. The summed E-state index contributed by atoms with van der Waals surface area (Å²) in [6, 6.07) is 12.1. The Morgan fingerprint density at radius 2 is 2.04 bits per heavy atom. The van der Waals surface area contributed by atoms with Crippen LogP contribution in [-0.2, 0) is 4.79 Å². The standard InChI is InChI=1S/C20H20FN3O3S/c1-23(2)10-11-24(20-22-18-13(21)6-5-9-17(18)28-20)19(25)16-12-26-14-7-3-4-8-15(14)27-16/h3-9,16H,10-12H2,1-2H3/p+1/t16-/m1/s1. The van der Waals surface area contributed by atoms with E-state index in [1.54, 1.807) is 29.2 Å². The van der Waals surface area contributed by atoms with Crippen LogP contribution in [-0.4, -0.2) is 50.8 Å². The van der Waals surface area contributed by atoms with Crippen LogP contribution < -0.4 is 19.3 Å². The number of thiazole rings is 1. The predicted molar refractivity (Wildman–Crippen MR) is 106 cm³/mol. The summed E-state index contributed by atoms with van der Waals surface area (Å²) in [6.07, 6.45) is -0.774. The second kappa shape index (κ2) is 7.73. The number of amides is 1. The Bertz CT molecular complexity index is 1010. The number of fused-ring (bicyclic) bond motifs is 2. The molecule has 0 fully saturated rings. The zero-order valence-corrected chi connectivity index (χ0v) is 16.5. The quantitative estimate of drug-likeness (QED) is 0.707. The van der Waals surface area contributed by atoms with E-state index in [2.05, 4.69) is 4.98 Å². The largest absolute Gasteiger partial charge is 0.485 e. The molecule has 0 aliphatic carbocycles. The summed E-state index contributed by atoms with van der Waals surface area (Å²) in [5.41, 5.74) is 0.281. The molecule has 4 rings (SSSR count). The lowest BCUT2D eigenvalue weighted by atomic mass is 10.2. The summed E-state index contributed by atoms with van der Waals surface area (Å²) in [6.45, 7) is 1.29. The smallest absolute Gasteiger partial charge is 0.273 e. The van der Waals surface area contributed by atoms with Gasteiger partial charge in [-0.15, -0.1) is 0 Å². The van der Waals surface area contributed by atoms with Gasteiger partial charge in [-0.05, 0) is 24.3 Å². The minimum Gasteiger partial charge on any atom is -0.485 e. The van der Waals surface area contributed by atoms with Gasteiger partial charge < -0.3 is 14.4 Å². The van der Waals surface area contributed by atoms with Gasteiger partial charge in [0.05, 0.1) is 31.9 Å². The molecule has 1 amide bonds. The minimum absolute atomic E-state index is 0.125. The first kappa shape index (κ1) is 18.6. The fraction of sp³-hybridized carbons (Fsp3) is 0.300. The molecule has 8 heteroatoms. The summed E-state index contributed by atoms with van der Waals surface area (Å²) in [4.78, 5) is 20.4. The Balaban J connectivity index is 1.63. The molecule has 1 aliphatic heterocycles. The molecule has 1 aliphatic rings. The summed E-state index contributed by atoms with van der Waals surface area (Å²) >= 11 is 1.30. The lowest BCUT2D eigenvalue weighted by Crippen LogP contribution is -3.06. The molecule has 0 bridgehead atoms. The molecule has 2 heterocycles. The maximum Gasteiger partial charge on any atom is 0.273 e. The van der Waals surface area contributed by atoms with Crippen LogP contribution in [0.25, 0.3) is 10.2 Å². The van der Waals surface area contributed by atoms with Gasteiger partial charge in [0.25, 0.3) is 5.91 Å². The van der Waals surface area contributed by atoms with Crippen LogP contribution in [0.1, 0.15) is 0 Å². The number of nitrogens with one attached hydrogen (secondary N) is 1. The maximum atomic E-state index is 14.1. The van der Waals surface area contributed by atoms with Gasteiger partial charge in [-0.3, -0.25) is 9.69 Å². The van der Waals surface area contributed by atoms with Crippen molar-refractivity contribution in [2.24, 2.45) is 0 Å². The van der Waals surface area contributed by atoms with Crippen LogP contribution >= 0.6 is 11.3 Å². The van der Waals surface area contributed by atoms with Gasteiger partial charge in [-0.1, -0.05) is 29.5 Å². The lowest BCUT2D eigenvalue weighted by molar-refractivity contribution is -0.856. The van der Waals surface area contributed by atoms with Gasteiger partial charge in [-0.25, -0.2) is 9.37 Å². The van der Waals surface area contributed by atoms with Gasteiger partial charge in [0.1, 0.15) is 17.9 Å². The van der Waals surface area contributed by atoms with E-state index in [0.29, 0.717) is 34.4 Å². The van der Waals surface area contributed by atoms with Gasteiger partial charge >= 0.3 is 0 Å². The number of quaternary nitrogens is 1. The summed E-state index contributed by atoms with van der Waals surface area (Å²) in [5, 5.41) is 0.466. The van der Waals surface area contributed by atoms with E-state index in [9.17, 15) is 9.18 Å². The predicted octanol–water partition coefficient (Wildman–Crippen LogP) is 1.75. The van der Waals surface area contributed by atoms with Crippen LogP contribution in [0.2, 0.25) is 0 Å². The molecule has 0 spiro atoms. The lowest BCUT2D eigenvalue weighted by Gasteiger charge is -2.29. The minimum atomic E-state index is -0.774. The SMILES string of the molecule is C[NH+](C)CCN(C(=O)[C@H]1COc2ccccc2O1)c1nc2c(F)cccc2s1. The molecule has 0 saturated heterocycles. The molecule has 0 radical (unpaired) electrons. The second-order valence-corrected chi connectivity index (χ2v) is 7.90. The first-order valence-electron chi connectivity index (χ1n) is 9.07. The molecular formula is C20H21FN3O3S+. The third-order valence-corrected chi connectivity index (χ3v) is 5.52. The third kappa shape index (κ3) is 3.65. The second-order valence-electron chi connectivity index (χ2n) is 6.89. The molecule has 2 aromatic carbocycles. The average Bonchev–Trinajstić information content (AvgIpc) is 3.12. The summed E-state index contributed by atoms with van der Waals surface area (Å²) in [5.74, 6) is 0.533. The first-order valence-corrected chi connectivity index (χ1v) is 9.88. The van der Waals surface area contributed by atoms with Gasteiger partial charge in [0.15, 0.2) is 16.6 Å². The number of benzene rings is 2. The Hall–Kier alpha value is -2.71. The molecular weight excluding hydrogens is 381 g/mol. The Kier molecular flexibility index (Phi) is 5.15. The van der Waals surface area contributed by atoms with Crippen LogP contribution in [0.15, 0.2) is 42.5 Å². The van der Waals surface area contributed by atoms with Crippen LogP contribution in [0, 0.1) is 5.82 Å². The van der Waals surface area contributed by atoms with E-state index in [4.69, 9.17) is 9.47 Å². The number of likely N-dealkylation sites (N-methyl/N-ethyl adjacent to an activating group) is 1. The number of ether oxygens (including phenoxy) is 2. The zero-order valence-electron chi connectivity index (χ0n) is 15.6. The van der Waals surface area contributed by atoms with Crippen molar-refractivity contribution < 1.29 is 23.6 Å². The Morgan fingerprint density at radius 1 is 1.25 bits per heavy atom. The van der Waals surface area contributed by atoms with E-state index in [1.165, 1.54) is 22.3 Å². The molecule has 146 valence electrons. The van der Waals surface area contributed by atoms with Crippen LogP contribution in [0.4, 0.5) is 9.52 Å². The van der Waals surface area contributed by atoms with E-state index in [-0.39, 0.29) is 18.0 Å². The number of nitrogens with zero attached hydrogens (tertiary/aromatic N) is 2. The molecule has 1 atom stereocenters. The highest BCUT2D eigenvalue weighted by Gasteiger charge is 2.33. The molecule has 6 nitrogen and oxygen atoms in total. The summed E-state index contributed by atoms with van der Waals surface area (Å²) < 4.78 is 26.4. The van der Waals surface area contributed by atoms with Crippen molar-refractivity contribution in [3.8, 4) is 11.5 Å². The number of carbonyl (C=O) groups is 1. The molecule has 28 heavy (non-hydrogen) atoms. The number of anilines is 1. The monoisotopic (exact) mass is 402 g/mol. The molecule has 1 N–H and O–H groups in total. The summed E-state index contributed by atoms with van der Waals surface area (Å²) in [7, 11) is 4.02. The number of hydrogen-bond donors (Lipinski definition) is 1. The molecule has 0 unspecified atom stereocenters. The van der Waals surface area contributed by atoms with Crippen molar-refractivity contribution in [2.45, 2.75) is 6.10 Å². The number of hydrogen-bond acceptors (Lipinski definition) is 5. The van der Waals surface area contributed by atoms with Gasteiger partial charge in [0, 0.05) is 0 Å². The Morgan fingerprint density at radius 3 is 2.79 bits per heavy atom. The van der Waals surface area contributed by atoms with Crippen molar-refractivity contribution in [1.29, 1.82) is 0 Å².